The Hall–Kier alpha value is -1.28. The zero-order chi connectivity index (χ0) is 11.8. The van der Waals surface area contributed by atoms with Crippen molar-refractivity contribution in [2.75, 3.05) is 5.73 Å². The van der Waals surface area contributed by atoms with Crippen LogP contribution in [0.4, 0.5) is 5.00 Å². The zero-order valence-corrected chi connectivity index (χ0v) is 10.8. The first kappa shape index (κ1) is 11.2. The molecule has 1 aromatic heterocycles. The van der Waals surface area contributed by atoms with Gasteiger partial charge >= 0.3 is 0 Å². The Morgan fingerprint density at radius 2 is 1.56 bits per heavy atom. The smallest absolute Gasteiger partial charge is 0.0862 e. The first-order valence-corrected chi connectivity index (χ1v) is 6.25. The van der Waals surface area contributed by atoms with E-state index in [1.165, 1.54) is 16.0 Å². The third kappa shape index (κ3) is 2.27. The molecule has 0 saturated carbocycles. The van der Waals surface area contributed by atoms with Gasteiger partial charge in [-0.15, -0.1) is 11.3 Å². The van der Waals surface area contributed by atoms with Crippen molar-refractivity contribution in [3.8, 4) is 10.4 Å². The highest BCUT2D eigenvalue weighted by Crippen LogP contribution is 2.31. The van der Waals surface area contributed by atoms with Gasteiger partial charge in [0.05, 0.1) is 5.00 Å². The van der Waals surface area contributed by atoms with Crippen molar-refractivity contribution in [2.24, 2.45) is 0 Å². The molecular formula is C14H17NS. The molecule has 0 spiro atoms. The van der Waals surface area contributed by atoms with Crippen LogP contribution in [-0.2, 0) is 5.41 Å². The van der Waals surface area contributed by atoms with E-state index in [0.717, 1.165) is 5.00 Å². The Balaban J connectivity index is 2.33. The highest BCUT2D eigenvalue weighted by atomic mass is 32.1. The lowest BCUT2D eigenvalue weighted by atomic mass is 9.86. The summed E-state index contributed by atoms with van der Waals surface area (Å²) < 4.78 is 0. The van der Waals surface area contributed by atoms with Crippen molar-refractivity contribution in [1.82, 2.24) is 0 Å². The second-order valence-electron chi connectivity index (χ2n) is 5.03. The van der Waals surface area contributed by atoms with Crippen molar-refractivity contribution in [1.29, 1.82) is 0 Å². The van der Waals surface area contributed by atoms with Crippen LogP contribution in [-0.4, -0.2) is 0 Å². The van der Waals surface area contributed by atoms with E-state index in [4.69, 9.17) is 5.73 Å². The molecule has 0 radical (unpaired) electrons. The molecule has 0 amide bonds. The summed E-state index contributed by atoms with van der Waals surface area (Å²) in [5, 5.41) is 0.870. The molecular weight excluding hydrogens is 214 g/mol. The molecule has 0 fully saturated rings. The number of anilines is 1. The number of rotatable bonds is 1. The van der Waals surface area contributed by atoms with E-state index in [1.54, 1.807) is 11.3 Å². The monoisotopic (exact) mass is 231 g/mol. The summed E-state index contributed by atoms with van der Waals surface area (Å²) in [4.78, 5) is 1.23. The predicted molar refractivity (Wildman–Crippen MR) is 72.9 cm³/mol. The van der Waals surface area contributed by atoms with Crippen LogP contribution in [0.5, 0.6) is 0 Å². The highest BCUT2D eigenvalue weighted by molar-refractivity contribution is 7.19. The molecule has 0 atom stereocenters. The predicted octanol–water partition coefficient (Wildman–Crippen LogP) is 4.29. The highest BCUT2D eigenvalue weighted by Gasteiger charge is 2.13. The van der Waals surface area contributed by atoms with E-state index in [0.29, 0.717) is 0 Å². The summed E-state index contributed by atoms with van der Waals surface area (Å²) in [5.41, 5.74) is 8.56. The number of nitrogen functional groups attached to an aromatic ring is 1. The van der Waals surface area contributed by atoms with Crippen molar-refractivity contribution in [2.45, 2.75) is 26.2 Å². The normalized spacial score (nSPS) is 11.7. The van der Waals surface area contributed by atoms with Crippen LogP contribution in [0.15, 0.2) is 36.4 Å². The molecule has 0 aliphatic carbocycles. The second-order valence-corrected chi connectivity index (χ2v) is 6.14. The Labute approximate surface area is 101 Å². The number of thiophene rings is 1. The van der Waals surface area contributed by atoms with Crippen LogP contribution >= 0.6 is 11.3 Å². The third-order valence-electron chi connectivity index (χ3n) is 2.66. The van der Waals surface area contributed by atoms with Gasteiger partial charge in [-0.05, 0) is 28.7 Å². The van der Waals surface area contributed by atoms with Crippen molar-refractivity contribution < 1.29 is 0 Å². The number of benzene rings is 1. The topological polar surface area (TPSA) is 26.0 Å². The fraction of sp³-hybridized carbons (Fsp3) is 0.286. The van der Waals surface area contributed by atoms with Crippen molar-refractivity contribution >= 4 is 16.3 Å². The Morgan fingerprint density at radius 1 is 0.938 bits per heavy atom. The number of nitrogens with two attached hydrogens (primary N) is 1. The van der Waals surface area contributed by atoms with Gasteiger partial charge in [0, 0.05) is 4.88 Å². The molecule has 1 heterocycles. The van der Waals surface area contributed by atoms with E-state index >= 15 is 0 Å². The fourth-order valence-electron chi connectivity index (χ4n) is 1.64. The van der Waals surface area contributed by atoms with Gasteiger partial charge in [-0.3, -0.25) is 0 Å². The summed E-state index contributed by atoms with van der Waals surface area (Å²) in [5.74, 6) is 0. The molecule has 0 unspecified atom stereocenters. The summed E-state index contributed by atoms with van der Waals surface area (Å²) in [6.45, 7) is 6.68. The first-order chi connectivity index (χ1) is 7.47. The Morgan fingerprint density at radius 3 is 2.00 bits per heavy atom. The Kier molecular flexibility index (Phi) is 2.76. The van der Waals surface area contributed by atoms with E-state index in [1.807, 2.05) is 6.07 Å². The van der Waals surface area contributed by atoms with Gasteiger partial charge in [-0.25, -0.2) is 0 Å². The van der Waals surface area contributed by atoms with Crippen LogP contribution in [0.1, 0.15) is 26.3 Å². The molecule has 0 aliphatic rings. The Bertz CT molecular complexity index is 474. The van der Waals surface area contributed by atoms with Crippen LogP contribution in [0.3, 0.4) is 0 Å². The van der Waals surface area contributed by atoms with Gasteiger partial charge in [-0.2, -0.15) is 0 Å². The van der Waals surface area contributed by atoms with Crippen molar-refractivity contribution in [3.05, 3.63) is 42.0 Å². The molecule has 0 saturated heterocycles. The summed E-state index contributed by atoms with van der Waals surface area (Å²) >= 11 is 1.63. The molecule has 84 valence electrons. The molecule has 2 N–H and O–H groups in total. The lowest BCUT2D eigenvalue weighted by Gasteiger charge is -2.18. The summed E-state index contributed by atoms with van der Waals surface area (Å²) in [6, 6.07) is 12.8. The van der Waals surface area contributed by atoms with Crippen molar-refractivity contribution in [3.63, 3.8) is 0 Å². The van der Waals surface area contributed by atoms with Gasteiger partial charge in [0.2, 0.25) is 0 Å². The van der Waals surface area contributed by atoms with Gasteiger partial charge in [-0.1, -0.05) is 45.0 Å². The standard InChI is InChI=1S/C14H17NS/c1-14(2,3)11-6-4-10(5-7-11)12-8-9-13(15)16-12/h4-9H,15H2,1-3H3. The second kappa shape index (κ2) is 3.95. The largest absolute Gasteiger partial charge is 0.391 e. The SMILES string of the molecule is CC(C)(C)c1ccc(-c2ccc(N)s2)cc1. The molecule has 16 heavy (non-hydrogen) atoms. The van der Waals surface area contributed by atoms with E-state index < -0.39 is 0 Å². The quantitative estimate of drug-likeness (QED) is 0.778. The van der Waals surface area contributed by atoms with Crippen LogP contribution in [0.2, 0.25) is 0 Å². The molecule has 2 aromatic rings. The van der Waals surface area contributed by atoms with Crippen LogP contribution in [0, 0.1) is 0 Å². The van der Waals surface area contributed by atoms with E-state index in [9.17, 15) is 0 Å². The van der Waals surface area contributed by atoms with Crippen LogP contribution in [0.25, 0.3) is 10.4 Å². The van der Waals surface area contributed by atoms with Gasteiger partial charge in [0.15, 0.2) is 0 Å². The average Bonchev–Trinajstić information content (AvgIpc) is 2.64. The van der Waals surface area contributed by atoms with Crippen LogP contribution < -0.4 is 5.73 Å². The van der Waals surface area contributed by atoms with E-state index in [2.05, 4.69) is 51.1 Å². The first-order valence-electron chi connectivity index (χ1n) is 5.43. The molecule has 1 nitrogen and oxygen atoms in total. The minimum atomic E-state index is 0.215. The molecule has 0 bridgehead atoms. The summed E-state index contributed by atoms with van der Waals surface area (Å²) in [6.07, 6.45) is 0. The van der Waals surface area contributed by atoms with E-state index in [-0.39, 0.29) is 5.41 Å². The average molecular weight is 231 g/mol. The summed E-state index contributed by atoms with van der Waals surface area (Å²) in [7, 11) is 0. The lowest BCUT2D eigenvalue weighted by molar-refractivity contribution is 0.590. The van der Waals surface area contributed by atoms with Gasteiger partial charge in [0.1, 0.15) is 0 Å². The minimum absolute atomic E-state index is 0.215. The number of hydrogen-bond donors (Lipinski definition) is 1. The minimum Gasteiger partial charge on any atom is -0.391 e. The zero-order valence-electron chi connectivity index (χ0n) is 9.95. The molecule has 2 rings (SSSR count). The maximum Gasteiger partial charge on any atom is 0.0862 e. The van der Waals surface area contributed by atoms with Gasteiger partial charge < -0.3 is 5.73 Å². The van der Waals surface area contributed by atoms with Gasteiger partial charge in [0.25, 0.3) is 0 Å². The molecule has 1 aromatic carbocycles. The maximum atomic E-state index is 5.73. The fourth-order valence-corrected chi connectivity index (χ4v) is 2.42. The lowest BCUT2D eigenvalue weighted by Crippen LogP contribution is -2.10. The molecule has 2 heteroatoms. The maximum absolute atomic E-state index is 5.73. The number of hydrogen-bond acceptors (Lipinski definition) is 2. The third-order valence-corrected chi connectivity index (χ3v) is 3.63. The molecule has 0 aliphatic heterocycles.